The van der Waals surface area contributed by atoms with E-state index in [0.29, 0.717) is 29.5 Å². The Morgan fingerprint density at radius 3 is 2.89 bits per heavy atom. The van der Waals surface area contributed by atoms with Gasteiger partial charge in [-0.3, -0.25) is 9.78 Å². The van der Waals surface area contributed by atoms with E-state index in [4.69, 9.17) is 5.11 Å². The molecule has 0 aromatic carbocycles. The minimum Gasteiger partial charge on any atom is -0.478 e. The summed E-state index contributed by atoms with van der Waals surface area (Å²) in [6, 6.07) is 1.62. The standard InChI is InChI=1S/C14H16N2O3/c1-9-4-11(9)8-16-14(19)12-5-10(6-15-7-12)2-3-13(17)18/h2-3,5-7,9,11H,4,8H2,1H3,(H,16,19)(H,17,18)/b3-2+. The summed E-state index contributed by atoms with van der Waals surface area (Å²) < 4.78 is 0. The number of carbonyl (C=O) groups excluding carboxylic acids is 1. The van der Waals surface area contributed by atoms with Crippen molar-refractivity contribution in [1.82, 2.24) is 10.3 Å². The van der Waals surface area contributed by atoms with E-state index in [1.54, 1.807) is 6.07 Å². The number of hydrogen-bond acceptors (Lipinski definition) is 3. The fraction of sp³-hybridized carbons (Fsp3) is 0.357. The minimum atomic E-state index is -1.03. The Kier molecular flexibility index (Phi) is 3.94. The third-order valence-electron chi connectivity index (χ3n) is 3.24. The monoisotopic (exact) mass is 260 g/mol. The molecule has 0 radical (unpaired) electrons. The zero-order valence-corrected chi connectivity index (χ0v) is 10.7. The van der Waals surface area contributed by atoms with E-state index < -0.39 is 5.97 Å². The summed E-state index contributed by atoms with van der Waals surface area (Å²) in [5.74, 6) is 0.0880. The summed E-state index contributed by atoms with van der Waals surface area (Å²) in [5.41, 5.74) is 1.04. The van der Waals surface area contributed by atoms with Crippen LogP contribution in [0.5, 0.6) is 0 Å². The van der Waals surface area contributed by atoms with Crippen LogP contribution in [0.2, 0.25) is 0 Å². The number of rotatable bonds is 5. The number of nitrogens with zero attached hydrogens (tertiary/aromatic N) is 1. The molecule has 100 valence electrons. The molecule has 1 aromatic rings. The average Bonchev–Trinajstić information content (AvgIpc) is 3.10. The highest BCUT2D eigenvalue weighted by molar-refractivity contribution is 5.94. The van der Waals surface area contributed by atoms with Crippen molar-refractivity contribution in [2.45, 2.75) is 13.3 Å². The van der Waals surface area contributed by atoms with Crippen molar-refractivity contribution in [2.24, 2.45) is 11.8 Å². The summed E-state index contributed by atoms with van der Waals surface area (Å²) in [5, 5.41) is 11.4. The molecular formula is C14H16N2O3. The molecule has 2 rings (SSSR count). The van der Waals surface area contributed by atoms with Gasteiger partial charge in [-0.2, -0.15) is 0 Å². The number of carboxylic acids is 1. The lowest BCUT2D eigenvalue weighted by Gasteiger charge is -2.04. The van der Waals surface area contributed by atoms with Crippen LogP contribution in [0.3, 0.4) is 0 Å². The van der Waals surface area contributed by atoms with Crippen LogP contribution in [0.4, 0.5) is 0 Å². The van der Waals surface area contributed by atoms with Gasteiger partial charge in [0, 0.05) is 25.0 Å². The normalized spacial score (nSPS) is 21.3. The summed E-state index contributed by atoms with van der Waals surface area (Å²) in [6.07, 6.45) is 6.59. The molecule has 19 heavy (non-hydrogen) atoms. The average molecular weight is 260 g/mol. The Labute approximate surface area is 111 Å². The molecule has 2 N–H and O–H groups in total. The number of nitrogens with one attached hydrogen (secondary N) is 1. The van der Waals surface area contributed by atoms with Gasteiger partial charge in [0.1, 0.15) is 0 Å². The minimum absolute atomic E-state index is 0.169. The maximum absolute atomic E-state index is 11.9. The van der Waals surface area contributed by atoms with E-state index in [0.717, 1.165) is 6.08 Å². The second kappa shape index (κ2) is 5.65. The van der Waals surface area contributed by atoms with Gasteiger partial charge in [-0.05, 0) is 36.0 Å². The van der Waals surface area contributed by atoms with E-state index in [-0.39, 0.29) is 5.91 Å². The first-order chi connectivity index (χ1) is 9.06. The molecule has 2 atom stereocenters. The predicted octanol–water partition coefficient (Wildman–Crippen LogP) is 1.57. The van der Waals surface area contributed by atoms with Crippen molar-refractivity contribution in [2.75, 3.05) is 6.54 Å². The van der Waals surface area contributed by atoms with Crippen LogP contribution < -0.4 is 5.32 Å². The summed E-state index contributed by atoms with van der Waals surface area (Å²) in [4.78, 5) is 26.2. The number of hydrogen-bond donors (Lipinski definition) is 2. The first-order valence-corrected chi connectivity index (χ1v) is 6.20. The number of amides is 1. The quantitative estimate of drug-likeness (QED) is 0.787. The Balaban J connectivity index is 1.97. The van der Waals surface area contributed by atoms with E-state index in [2.05, 4.69) is 17.2 Å². The summed E-state index contributed by atoms with van der Waals surface area (Å²) in [7, 11) is 0. The summed E-state index contributed by atoms with van der Waals surface area (Å²) >= 11 is 0. The molecule has 0 spiro atoms. The molecule has 2 unspecified atom stereocenters. The van der Waals surface area contributed by atoms with Crippen molar-refractivity contribution < 1.29 is 14.7 Å². The number of carbonyl (C=O) groups is 2. The van der Waals surface area contributed by atoms with Gasteiger partial charge in [-0.15, -0.1) is 0 Å². The molecule has 1 aliphatic carbocycles. The Morgan fingerprint density at radius 2 is 2.26 bits per heavy atom. The molecule has 5 nitrogen and oxygen atoms in total. The highest BCUT2D eigenvalue weighted by atomic mass is 16.4. The van der Waals surface area contributed by atoms with Gasteiger partial charge in [0.2, 0.25) is 0 Å². The van der Waals surface area contributed by atoms with Gasteiger partial charge in [0.25, 0.3) is 5.91 Å². The molecule has 1 saturated carbocycles. The van der Waals surface area contributed by atoms with Gasteiger partial charge in [0.05, 0.1) is 5.56 Å². The third kappa shape index (κ3) is 3.91. The Hall–Kier alpha value is -2.17. The SMILES string of the molecule is CC1CC1CNC(=O)c1cncc(/C=C/C(=O)O)c1. The predicted molar refractivity (Wildman–Crippen MR) is 70.5 cm³/mol. The second-order valence-electron chi connectivity index (χ2n) is 4.86. The lowest BCUT2D eigenvalue weighted by atomic mass is 10.2. The van der Waals surface area contributed by atoms with Gasteiger partial charge in [0.15, 0.2) is 0 Å². The first-order valence-electron chi connectivity index (χ1n) is 6.20. The topological polar surface area (TPSA) is 79.3 Å². The highest BCUT2D eigenvalue weighted by Crippen LogP contribution is 2.36. The third-order valence-corrected chi connectivity index (χ3v) is 3.24. The zero-order valence-electron chi connectivity index (χ0n) is 10.7. The van der Waals surface area contributed by atoms with Crippen LogP contribution in [-0.2, 0) is 4.79 Å². The molecule has 1 fully saturated rings. The molecule has 0 aliphatic heterocycles. The van der Waals surface area contributed by atoms with Gasteiger partial charge in [-0.1, -0.05) is 6.92 Å². The van der Waals surface area contributed by atoms with Crippen LogP contribution >= 0.6 is 0 Å². The largest absolute Gasteiger partial charge is 0.478 e. The number of carboxylic acid groups (broad SMARTS) is 1. The van der Waals surface area contributed by atoms with Crippen LogP contribution in [0.1, 0.15) is 29.3 Å². The lowest BCUT2D eigenvalue weighted by molar-refractivity contribution is -0.131. The van der Waals surface area contributed by atoms with Crippen LogP contribution in [0.25, 0.3) is 6.08 Å². The summed E-state index contributed by atoms with van der Waals surface area (Å²) in [6.45, 7) is 2.85. The first kappa shape index (κ1) is 13.3. The van der Waals surface area contributed by atoms with Crippen molar-refractivity contribution in [3.8, 4) is 0 Å². The van der Waals surface area contributed by atoms with Gasteiger partial charge >= 0.3 is 5.97 Å². The van der Waals surface area contributed by atoms with Gasteiger partial charge in [-0.25, -0.2) is 4.79 Å². The highest BCUT2D eigenvalue weighted by Gasteiger charge is 2.32. The molecule has 1 aliphatic rings. The molecular weight excluding hydrogens is 244 g/mol. The van der Waals surface area contributed by atoms with Crippen LogP contribution in [0.15, 0.2) is 24.5 Å². The van der Waals surface area contributed by atoms with Crippen molar-refractivity contribution >= 4 is 18.0 Å². The number of aliphatic carboxylic acids is 1. The Bertz CT molecular complexity index is 525. The van der Waals surface area contributed by atoms with Crippen molar-refractivity contribution in [1.29, 1.82) is 0 Å². The Morgan fingerprint density at radius 1 is 1.53 bits per heavy atom. The van der Waals surface area contributed by atoms with Crippen LogP contribution in [-0.4, -0.2) is 28.5 Å². The number of pyridine rings is 1. The number of aromatic nitrogens is 1. The molecule has 5 heteroatoms. The van der Waals surface area contributed by atoms with Crippen molar-refractivity contribution in [3.63, 3.8) is 0 Å². The smallest absolute Gasteiger partial charge is 0.328 e. The second-order valence-corrected chi connectivity index (χ2v) is 4.86. The fourth-order valence-electron chi connectivity index (χ4n) is 1.85. The van der Waals surface area contributed by atoms with E-state index >= 15 is 0 Å². The molecule has 0 saturated heterocycles. The van der Waals surface area contributed by atoms with E-state index in [1.165, 1.54) is 24.9 Å². The fourth-order valence-corrected chi connectivity index (χ4v) is 1.85. The van der Waals surface area contributed by atoms with E-state index in [9.17, 15) is 9.59 Å². The lowest BCUT2D eigenvalue weighted by Crippen LogP contribution is -2.26. The molecule has 1 amide bonds. The van der Waals surface area contributed by atoms with Crippen molar-refractivity contribution in [3.05, 3.63) is 35.7 Å². The molecule has 1 aromatic heterocycles. The van der Waals surface area contributed by atoms with E-state index in [1.807, 2.05) is 0 Å². The van der Waals surface area contributed by atoms with Gasteiger partial charge < -0.3 is 10.4 Å². The molecule has 1 heterocycles. The van der Waals surface area contributed by atoms with Crippen LogP contribution in [0, 0.1) is 11.8 Å². The molecule has 0 bridgehead atoms. The maximum Gasteiger partial charge on any atom is 0.328 e. The maximum atomic E-state index is 11.9. The zero-order chi connectivity index (χ0) is 13.8.